The molecular formula is C13H20N2O3S. The highest BCUT2D eigenvalue weighted by molar-refractivity contribution is 7.09. The second-order valence-electron chi connectivity index (χ2n) is 4.36. The Morgan fingerprint density at radius 2 is 2.21 bits per heavy atom. The van der Waals surface area contributed by atoms with Crippen LogP contribution in [0.1, 0.15) is 43.8 Å². The zero-order chi connectivity index (χ0) is 14.3. The van der Waals surface area contributed by atoms with E-state index < -0.39 is 12.0 Å². The Balaban J connectivity index is 2.49. The van der Waals surface area contributed by atoms with Crippen LogP contribution in [-0.4, -0.2) is 28.0 Å². The van der Waals surface area contributed by atoms with E-state index in [4.69, 9.17) is 5.11 Å². The fraction of sp³-hybridized carbons (Fsp3) is 0.615. The molecule has 0 saturated heterocycles. The molecule has 0 fully saturated rings. The molecule has 2 N–H and O–H groups in total. The van der Waals surface area contributed by atoms with Gasteiger partial charge in [0.1, 0.15) is 6.04 Å². The predicted octanol–water partition coefficient (Wildman–Crippen LogP) is 2.01. The van der Waals surface area contributed by atoms with Crippen molar-refractivity contribution >= 4 is 23.2 Å². The third kappa shape index (κ3) is 5.38. The third-order valence-corrected chi connectivity index (χ3v) is 3.77. The van der Waals surface area contributed by atoms with Crippen LogP contribution in [0.25, 0.3) is 0 Å². The van der Waals surface area contributed by atoms with Crippen LogP contribution in [-0.2, 0) is 22.4 Å². The number of carboxylic acid groups (broad SMARTS) is 1. The predicted molar refractivity (Wildman–Crippen MR) is 74.3 cm³/mol. The van der Waals surface area contributed by atoms with Gasteiger partial charge in [-0.05, 0) is 12.8 Å². The molecule has 1 heterocycles. The molecule has 1 amide bonds. The van der Waals surface area contributed by atoms with Gasteiger partial charge in [-0.2, -0.15) is 0 Å². The second kappa shape index (κ2) is 7.89. The van der Waals surface area contributed by atoms with Crippen LogP contribution in [0.5, 0.6) is 0 Å². The topological polar surface area (TPSA) is 79.3 Å². The molecule has 6 heteroatoms. The molecule has 0 bridgehead atoms. The lowest BCUT2D eigenvalue weighted by Crippen LogP contribution is -2.41. The zero-order valence-corrected chi connectivity index (χ0v) is 12.1. The van der Waals surface area contributed by atoms with Gasteiger partial charge in [0.25, 0.3) is 0 Å². The van der Waals surface area contributed by atoms with Crippen molar-refractivity contribution in [3.63, 3.8) is 0 Å². The molecule has 106 valence electrons. The van der Waals surface area contributed by atoms with Gasteiger partial charge in [-0.15, -0.1) is 11.3 Å². The first-order valence-corrected chi connectivity index (χ1v) is 7.40. The Morgan fingerprint density at radius 1 is 1.47 bits per heavy atom. The highest BCUT2D eigenvalue weighted by atomic mass is 32.1. The van der Waals surface area contributed by atoms with Crippen molar-refractivity contribution in [2.45, 2.75) is 52.0 Å². The Bertz CT molecular complexity index is 431. The third-order valence-electron chi connectivity index (χ3n) is 2.72. The van der Waals surface area contributed by atoms with Crippen molar-refractivity contribution in [2.75, 3.05) is 0 Å². The number of aliphatic carboxylic acids is 1. The number of aryl methyl sites for hydroxylation is 1. The quantitative estimate of drug-likeness (QED) is 0.765. The first kappa shape index (κ1) is 15.6. The van der Waals surface area contributed by atoms with Gasteiger partial charge in [0, 0.05) is 5.38 Å². The molecule has 0 radical (unpaired) electrons. The first-order valence-electron chi connectivity index (χ1n) is 6.52. The monoisotopic (exact) mass is 284 g/mol. The summed E-state index contributed by atoms with van der Waals surface area (Å²) in [4.78, 5) is 27.1. The Hall–Kier alpha value is -1.43. The number of hydrogen-bond donors (Lipinski definition) is 2. The molecular weight excluding hydrogens is 264 g/mol. The summed E-state index contributed by atoms with van der Waals surface area (Å²) in [6.45, 7) is 4.00. The SMILES string of the molecule is CCCC[C@H](NC(=O)Cc1csc(CC)n1)C(=O)O. The van der Waals surface area contributed by atoms with Gasteiger partial charge < -0.3 is 10.4 Å². The van der Waals surface area contributed by atoms with E-state index in [2.05, 4.69) is 10.3 Å². The van der Waals surface area contributed by atoms with E-state index >= 15 is 0 Å². The molecule has 0 aromatic carbocycles. The van der Waals surface area contributed by atoms with Crippen molar-refractivity contribution in [3.05, 3.63) is 16.1 Å². The van der Waals surface area contributed by atoms with E-state index in [1.165, 1.54) is 11.3 Å². The largest absolute Gasteiger partial charge is 0.480 e. The van der Waals surface area contributed by atoms with Crippen molar-refractivity contribution in [2.24, 2.45) is 0 Å². The number of amides is 1. The summed E-state index contributed by atoms with van der Waals surface area (Å²) >= 11 is 1.52. The smallest absolute Gasteiger partial charge is 0.326 e. The van der Waals surface area contributed by atoms with Crippen molar-refractivity contribution in [3.8, 4) is 0 Å². The summed E-state index contributed by atoms with van der Waals surface area (Å²) in [5.74, 6) is -1.26. The average Bonchev–Trinajstić information content (AvgIpc) is 2.81. The standard InChI is InChI=1S/C13H20N2O3S/c1-3-5-6-10(13(17)18)15-11(16)7-9-8-19-12(4-2)14-9/h8,10H,3-7H2,1-2H3,(H,15,16)(H,17,18)/t10-/m0/s1. The Kier molecular flexibility index (Phi) is 6.49. The molecule has 0 spiro atoms. The van der Waals surface area contributed by atoms with Crippen LogP contribution >= 0.6 is 11.3 Å². The second-order valence-corrected chi connectivity index (χ2v) is 5.31. The number of carbonyl (C=O) groups excluding carboxylic acids is 1. The summed E-state index contributed by atoms with van der Waals surface area (Å²) < 4.78 is 0. The van der Waals surface area contributed by atoms with Gasteiger partial charge in [-0.25, -0.2) is 9.78 Å². The molecule has 0 aliphatic carbocycles. The van der Waals surface area contributed by atoms with Crippen LogP contribution in [0.15, 0.2) is 5.38 Å². The summed E-state index contributed by atoms with van der Waals surface area (Å²) in [5.41, 5.74) is 0.707. The molecule has 19 heavy (non-hydrogen) atoms. The number of carbonyl (C=O) groups is 2. The lowest BCUT2D eigenvalue weighted by molar-refractivity contribution is -0.142. The number of aromatic nitrogens is 1. The molecule has 0 aliphatic heterocycles. The number of nitrogens with one attached hydrogen (secondary N) is 1. The molecule has 5 nitrogen and oxygen atoms in total. The van der Waals surface area contributed by atoms with Crippen LogP contribution in [0.4, 0.5) is 0 Å². The summed E-state index contributed by atoms with van der Waals surface area (Å²) in [6.07, 6.45) is 3.15. The van der Waals surface area contributed by atoms with Crippen molar-refractivity contribution in [1.29, 1.82) is 0 Å². The first-order chi connectivity index (χ1) is 9.06. The maximum absolute atomic E-state index is 11.8. The lowest BCUT2D eigenvalue weighted by atomic mass is 10.1. The molecule has 0 unspecified atom stereocenters. The van der Waals surface area contributed by atoms with E-state index in [9.17, 15) is 9.59 Å². The minimum Gasteiger partial charge on any atom is -0.480 e. The average molecular weight is 284 g/mol. The van der Waals surface area contributed by atoms with E-state index in [-0.39, 0.29) is 12.3 Å². The maximum Gasteiger partial charge on any atom is 0.326 e. The Morgan fingerprint density at radius 3 is 2.74 bits per heavy atom. The van der Waals surface area contributed by atoms with Gasteiger partial charge in [-0.1, -0.05) is 26.7 Å². The fourth-order valence-electron chi connectivity index (χ4n) is 1.67. The minimum atomic E-state index is -0.977. The van der Waals surface area contributed by atoms with Crippen molar-refractivity contribution in [1.82, 2.24) is 10.3 Å². The van der Waals surface area contributed by atoms with E-state index in [0.29, 0.717) is 12.1 Å². The van der Waals surface area contributed by atoms with Crippen molar-refractivity contribution < 1.29 is 14.7 Å². The molecule has 1 atom stereocenters. The van der Waals surface area contributed by atoms with Crippen LogP contribution in [0, 0.1) is 0 Å². The van der Waals surface area contributed by atoms with Gasteiger partial charge in [0.2, 0.25) is 5.91 Å². The van der Waals surface area contributed by atoms with E-state index in [1.54, 1.807) is 0 Å². The van der Waals surface area contributed by atoms with Gasteiger partial charge in [0.15, 0.2) is 0 Å². The zero-order valence-electron chi connectivity index (χ0n) is 11.3. The number of carboxylic acids is 1. The van der Waals surface area contributed by atoms with Gasteiger partial charge >= 0.3 is 5.97 Å². The van der Waals surface area contributed by atoms with Gasteiger partial charge in [-0.3, -0.25) is 4.79 Å². The maximum atomic E-state index is 11.8. The number of hydrogen-bond acceptors (Lipinski definition) is 4. The molecule has 0 saturated carbocycles. The number of rotatable bonds is 8. The van der Waals surface area contributed by atoms with Crippen LogP contribution in [0.2, 0.25) is 0 Å². The highest BCUT2D eigenvalue weighted by Crippen LogP contribution is 2.11. The van der Waals surface area contributed by atoms with E-state index in [1.807, 2.05) is 19.2 Å². The fourth-order valence-corrected chi connectivity index (χ4v) is 2.41. The minimum absolute atomic E-state index is 0.145. The molecule has 1 rings (SSSR count). The Labute approximate surface area is 117 Å². The highest BCUT2D eigenvalue weighted by Gasteiger charge is 2.19. The van der Waals surface area contributed by atoms with Crippen LogP contribution in [0.3, 0.4) is 0 Å². The van der Waals surface area contributed by atoms with Crippen LogP contribution < -0.4 is 5.32 Å². The lowest BCUT2D eigenvalue weighted by Gasteiger charge is -2.13. The summed E-state index contributed by atoms with van der Waals surface area (Å²) in [5, 5.41) is 14.4. The normalized spacial score (nSPS) is 12.1. The molecule has 0 aliphatic rings. The molecule has 1 aromatic rings. The number of thiazole rings is 1. The van der Waals surface area contributed by atoms with Gasteiger partial charge in [0.05, 0.1) is 17.1 Å². The van der Waals surface area contributed by atoms with E-state index in [0.717, 1.165) is 24.3 Å². The molecule has 1 aromatic heterocycles. The number of unbranched alkanes of at least 4 members (excludes halogenated alkanes) is 1. The summed E-state index contributed by atoms with van der Waals surface area (Å²) in [6, 6.07) is -0.795. The summed E-state index contributed by atoms with van der Waals surface area (Å²) in [7, 11) is 0. The number of nitrogens with zero attached hydrogens (tertiary/aromatic N) is 1.